The molecule has 0 saturated carbocycles. The standard InChI is InChI=1S/C16H18N2O3S/c1-11-10-13(15(17)20)16(22-11)18-14(19)8-5-9-21-12-6-3-2-4-7-12/h2-4,6-7,10H,5,8-9H2,1H3,(H2,17,20)(H,18,19). The minimum Gasteiger partial charge on any atom is -0.494 e. The van der Waals surface area contributed by atoms with Gasteiger partial charge >= 0.3 is 0 Å². The lowest BCUT2D eigenvalue weighted by atomic mass is 10.2. The summed E-state index contributed by atoms with van der Waals surface area (Å²) in [7, 11) is 0. The molecule has 0 aliphatic heterocycles. The van der Waals surface area contributed by atoms with Crippen LogP contribution in [0, 0.1) is 6.92 Å². The molecule has 0 unspecified atom stereocenters. The van der Waals surface area contributed by atoms with E-state index in [1.807, 2.05) is 37.3 Å². The van der Waals surface area contributed by atoms with Gasteiger partial charge in [0, 0.05) is 11.3 Å². The van der Waals surface area contributed by atoms with E-state index in [4.69, 9.17) is 10.5 Å². The number of primary amides is 1. The maximum atomic E-state index is 11.9. The quantitative estimate of drug-likeness (QED) is 0.770. The van der Waals surface area contributed by atoms with Crippen molar-refractivity contribution in [2.75, 3.05) is 11.9 Å². The number of ether oxygens (including phenoxy) is 1. The first-order chi connectivity index (χ1) is 10.6. The summed E-state index contributed by atoms with van der Waals surface area (Å²) in [6, 6.07) is 11.1. The minimum absolute atomic E-state index is 0.152. The molecule has 1 aromatic heterocycles. The third kappa shape index (κ3) is 4.60. The fraction of sp³-hybridized carbons (Fsp3) is 0.250. The summed E-state index contributed by atoms with van der Waals surface area (Å²) < 4.78 is 5.52. The molecule has 3 N–H and O–H groups in total. The predicted molar refractivity (Wildman–Crippen MR) is 87.4 cm³/mol. The highest BCUT2D eigenvalue weighted by molar-refractivity contribution is 7.16. The fourth-order valence-corrected chi connectivity index (χ4v) is 2.85. The smallest absolute Gasteiger partial charge is 0.251 e. The summed E-state index contributed by atoms with van der Waals surface area (Å²) in [6.07, 6.45) is 0.916. The molecule has 22 heavy (non-hydrogen) atoms. The molecule has 2 amide bonds. The Labute approximate surface area is 133 Å². The van der Waals surface area contributed by atoms with Gasteiger partial charge in [0.25, 0.3) is 5.91 Å². The van der Waals surface area contributed by atoms with Gasteiger partial charge in [-0.3, -0.25) is 9.59 Å². The number of hydrogen-bond acceptors (Lipinski definition) is 4. The molecule has 0 aliphatic carbocycles. The van der Waals surface area contributed by atoms with Gasteiger partial charge < -0.3 is 15.8 Å². The van der Waals surface area contributed by atoms with Crippen LogP contribution in [-0.2, 0) is 4.79 Å². The van der Waals surface area contributed by atoms with E-state index < -0.39 is 5.91 Å². The van der Waals surface area contributed by atoms with Crippen LogP contribution in [0.2, 0.25) is 0 Å². The molecule has 6 heteroatoms. The van der Waals surface area contributed by atoms with Crippen molar-refractivity contribution in [3.8, 4) is 5.75 Å². The van der Waals surface area contributed by atoms with Gasteiger partial charge in [0.05, 0.1) is 12.2 Å². The Morgan fingerprint density at radius 3 is 2.68 bits per heavy atom. The third-order valence-corrected chi connectivity index (χ3v) is 3.90. The summed E-state index contributed by atoms with van der Waals surface area (Å²) in [4.78, 5) is 24.1. The lowest BCUT2D eigenvalue weighted by Gasteiger charge is -2.06. The second kappa shape index (κ2) is 7.61. The number of hydrogen-bond donors (Lipinski definition) is 2. The Balaban J connectivity index is 1.77. The number of aryl methyl sites for hydroxylation is 1. The number of rotatable bonds is 7. The van der Waals surface area contributed by atoms with Gasteiger partial charge in [0.1, 0.15) is 10.8 Å². The van der Waals surface area contributed by atoms with Gasteiger partial charge in [-0.05, 0) is 31.5 Å². The molecule has 0 spiro atoms. The van der Waals surface area contributed by atoms with E-state index in [2.05, 4.69) is 5.32 Å². The number of para-hydroxylation sites is 1. The topological polar surface area (TPSA) is 81.4 Å². The summed E-state index contributed by atoms with van der Waals surface area (Å²) in [5.74, 6) is 0.0980. The first-order valence-electron chi connectivity index (χ1n) is 6.94. The molecule has 0 bridgehead atoms. The number of nitrogens with two attached hydrogens (primary N) is 1. The molecule has 2 aromatic rings. The van der Waals surface area contributed by atoms with Crippen LogP contribution in [0.15, 0.2) is 36.4 Å². The molecule has 0 radical (unpaired) electrons. The molecular formula is C16H18N2O3S. The molecule has 0 aliphatic rings. The lowest BCUT2D eigenvalue weighted by Crippen LogP contribution is -2.16. The van der Waals surface area contributed by atoms with Crippen molar-refractivity contribution in [2.45, 2.75) is 19.8 Å². The van der Waals surface area contributed by atoms with Gasteiger partial charge in [-0.2, -0.15) is 0 Å². The van der Waals surface area contributed by atoms with Crippen LogP contribution in [0.1, 0.15) is 28.1 Å². The Morgan fingerprint density at radius 2 is 2.00 bits per heavy atom. The SMILES string of the molecule is Cc1cc(C(N)=O)c(NC(=O)CCCOc2ccccc2)s1. The Kier molecular flexibility index (Phi) is 5.55. The van der Waals surface area contributed by atoms with E-state index in [0.29, 0.717) is 30.0 Å². The van der Waals surface area contributed by atoms with Crippen LogP contribution in [0.5, 0.6) is 5.75 Å². The highest BCUT2D eigenvalue weighted by Crippen LogP contribution is 2.27. The van der Waals surface area contributed by atoms with E-state index in [9.17, 15) is 9.59 Å². The van der Waals surface area contributed by atoms with Crippen molar-refractivity contribution in [3.63, 3.8) is 0 Å². The van der Waals surface area contributed by atoms with Crippen LogP contribution in [0.25, 0.3) is 0 Å². The van der Waals surface area contributed by atoms with Crippen molar-refractivity contribution in [2.24, 2.45) is 5.73 Å². The minimum atomic E-state index is -0.535. The van der Waals surface area contributed by atoms with E-state index in [-0.39, 0.29) is 5.91 Å². The zero-order chi connectivity index (χ0) is 15.9. The number of amides is 2. The predicted octanol–water partition coefficient (Wildman–Crippen LogP) is 2.95. The second-order valence-corrected chi connectivity index (χ2v) is 6.03. The van der Waals surface area contributed by atoms with Crippen LogP contribution >= 0.6 is 11.3 Å². The largest absolute Gasteiger partial charge is 0.494 e. The average molecular weight is 318 g/mol. The number of anilines is 1. The highest BCUT2D eigenvalue weighted by Gasteiger charge is 2.14. The maximum Gasteiger partial charge on any atom is 0.251 e. The molecule has 1 aromatic carbocycles. The summed E-state index contributed by atoms with van der Waals surface area (Å²) in [5, 5.41) is 3.25. The van der Waals surface area contributed by atoms with E-state index >= 15 is 0 Å². The Hall–Kier alpha value is -2.34. The second-order valence-electron chi connectivity index (χ2n) is 4.78. The van der Waals surface area contributed by atoms with Gasteiger partial charge in [-0.15, -0.1) is 11.3 Å². The monoisotopic (exact) mass is 318 g/mol. The van der Waals surface area contributed by atoms with Crippen molar-refractivity contribution >= 4 is 28.2 Å². The molecule has 2 rings (SSSR count). The van der Waals surface area contributed by atoms with Crippen LogP contribution in [0.4, 0.5) is 5.00 Å². The number of carbonyl (C=O) groups is 2. The van der Waals surface area contributed by atoms with Crippen LogP contribution in [-0.4, -0.2) is 18.4 Å². The van der Waals surface area contributed by atoms with Crippen molar-refractivity contribution < 1.29 is 14.3 Å². The van der Waals surface area contributed by atoms with Gasteiger partial charge in [0.2, 0.25) is 5.91 Å². The normalized spacial score (nSPS) is 10.2. The van der Waals surface area contributed by atoms with Crippen LogP contribution < -0.4 is 15.8 Å². The fourth-order valence-electron chi connectivity index (χ4n) is 1.92. The van der Waals surface area contributed by atoms with E-state index in [1.165, 1.54) is 11.3 Å². The number of carbonyl (C=O) groups excluding carboxylic acids is 2. The van der Waals surface area contributed by atoms with Crippen molar-refractivity contribution in [1.29, 1.82) is 0 Å². The third-order valence-electron chi connectivity index (χ3n) is 2.93. The van der Waals surface area contributed by atoms with E-state index in [1.54, 1.807) is 6.07 Å². The molecule has 5 nitrogen and oxygen atoms in total. The summed E-state index contributed by atoms with van der Waals surface area (Å²) in [6.45, 7) is 2.32. The molecule has 0 saturated heterocycles. The van der Waals surface area contributed by atoms with Crippen molar-refractivity contribution in [3.05, 3.63) is 46.8 Å². The van der Waals surface area contributed by atoms with E-state index in [0.717, 1.165) is 10.6 Å². The molecule has 0 atom stereocenters. The van der Waals surface area contributed by atoms with Crippen LogP contribution in [0.3, 0.4) is 0 Å². The van der Waals surface area contributed by atoms with Gasteiger partial charge in [0.15, 0.2) is 0 Å². The zero-order valence-electron chi connectivity index (χ0n) is 12.3. The Bertz CT molecular complexity index is 653. The highest BCUT2D eigenvalue weighted by atomic mass is 32.1. The summed E-state index contributed by atoms with van der Waals surface area (Å²) in [5.41, 5.74) is 5.64. The number of benzene rings is 1. The number of nitrogens with one attached hydrogen (secondary N) is 1. The number of thiophene rings is 1. The zero-order valence-corrected chi connectivity index (χ0v) is 13.1. The molecule has 0 fully saturated rings. The molecular weight excluding hydrogens is 300 g/mol. The Morgan fingerprint density at radius 1 is 1.27 bits per heavy atom. The first-order valence-corrected chi connectivity index (χ1v) is 7.76. The lowest BCUT2D eigenvalue weighted by molar-refractivity contribution is -0.116. The molecule has 116 valence electrons. The average Bonchev–Trinajstić information content (AvgIpc) is 2.85. The maximum absolute atomic E-state index is 11.9. The molecule has 1 heterocycles. The van der Waals surface area contributed by atoms with Crippen molar-refractivity contribution in [1.82, 2.24) is 0 Å². The van der Waals surface area contributed by atoms with Gasteiger partial charge in [-0.1, -0.05) is 18.2 Å². The first kappa shape index (κ1) is 16.0. The van der Waals surface area contributed by atoms with Gasteiger partial charge in [-0.25, -0.2) is 0 Å². The summed E-state index contributed by atoms with van der Waals surface area (Å²) >= 11 is 1.34.